The highest BCUT2D eigenvalue weighted by Crippen LogP contribution is 2.30. The van der Waals surface area contributed by atoms with Crippen LogP contribution in [0.5, 0.6) is 0 Å². The molecule has 0 aromatic heterocycles. The van der Waals surface area contributed by atoms with Crippen molar-refractivity contribution in [2.75, 3.05) is 13.7 Å². The largest absolute Gasteiger partial charge is 0.356 e. The standard InChI is InChI=1S/C20H21ClN2O3/c1-13-5-3-4-6-15(13)11-22-20(25)19-18(23(2)17(24)12-26-19)14-7-9-16(21)10-8-14/h3-10,18-19H,11-12H2,1-2H3,(H,22,25)/t18-,19-/m0/s1. The Kier molecular flexibility index (Phi) is 5.59. The molecule has 6 heteroatoms. The topological polar surface area (TPSA) is 58.6 Å². The van der Waals surface area contributed by atoms with Crippen molar-refractivity contribution in [3.63, 3.8) is 0 Å². The van der Waals surface area contributed by atoms with Gasteiger partial charge in [-0.1, -0.05) is 48.0 Å². The maximum absolute atomic E-state index is 12.8. The summed E-state index contributed by atoms with van der Waals surface area (Å²) in [5, 5.41) is 3.53. The Morgan fingerprint density at radius 2 is 1.92 bits per heavy atom. The van der Waals surface area contributed by atoms with Crippen LogP contribution in [0.1, 0.15) is 22.7 Å². The first-order valence-corrected chi connectivity index (χ1v) is 8.80. The zero-order valence-electron chi connectivity index (χ0n) is 14.7. The molecule has 136 valence electrons. The number of rotatable bonds is 4. The molecule has 5 nitrogen and oxygen atoms in total. The molecule has 0 bridgehead atoms. The van der Waals surface area contributed by atoms with E-state index < -0.39 is 12.1 Å². The molecule has 0 spiro atoms. The van der Waals surface area contributed by atoms with Gasteiger partial charge in [0, 0.05) is 18.6 Å². The number of benzene rings is 2. The number of carbonyl (C=O) groups is 2. The van der Waals surface area contributed by atoms with E-state index in [-0.39, 0.29) is 18.4 Å². The lowest BCUT2D eigenvalue weighted by molar-refractivity contribution is -0.162. The summed E-state index contributed by atoms with van der Waals surface area (Å²) in [7, 11) is 1.69. The summed E-state index contributed by atoms with van der Waals surface area (Å²) in [5.74, 6) is -0.402. The van der Waals surface area contributed by atoms with Gasteiger partial charge in [0.15, 0.2) is 6.10 Å². The number of hydrogen-bond donors (Lipinski definition) is 1. The van der Waals surface area contributed by atoms with E-state index in [0.717, 1.165) is 16.7 Å². The van der Waals surface area contributed by atoms with E-state index in [1.165, 1.54) is 0 Å². The van der Waals surface area contributed by atoms with Crippen molar-refractivity contribution in [3.8, 4) is 0 Å². The zero-order chi connectivity index (χ0) is 18.7. The van der Waals surface area contributed by atoms with Crippen LogP contribution in [0.25, 0.3) is 0 Å². The van der Waals surface area contributed by atoms with E-state index in [9.17, 15) is 9.59 Å². The number of ether oxygens (including phenoxy) is 1. The minimum atomic E-state index is -0.775. The molecule has 26 heavy (non-hydrogen) atoms. The van der Waals surface area contributed by atoms with Crippen molar-refractivity contribution in [2.45, 2.75) is 25.6 Å². The summed E-state index contributed by atoms with van der Waals surface area (Å²) in [5.41, 5.74) is 2.96. The van der Waals surface area contributed by atoms with Crippen LogP contribution < -0.4 is 5.32 Å². The molecule has 2 aromatic rings. The van der Waals surface area contributed by atoms with Crippen molar-refractivity contribution in [2.24, 2.45) is 0 Å². The Labute approximate surface area is 157 Å². The minimum absolute atomic E-state index is 0.108. The molecular weight excluding hydrogens is 352 g/mol. The Balaban J connectivity index is 1.79. The van der Waals surface area contributed by atoms with Gasteiger partial charge in [0.25, 0.3) is 5.91 Å². The number of nitrogens with zero attached hydrogens (tertiary/aromatic N) is 1. The number of nitrogens with one attached hydrogen (secondary N) is 1. The van der Waals surface area contributed by atoms with Gasteiger partial charge in [0.05, 0.1) is 6.04 Å². The van der Waals surface area contributed by atoms with E-state index in [4.69, 9.17) is 16.3 Å². The number of morpholine rings is 1. The lowest BCUT2D eigenvalue weighted by Gasteiger charge is -2.38. The molecule has 2 aromatic carbocycles. The van der Waals surface area contributed by atoms with Crippen LogP contribution in [-0.4, -0.2) is 36.5 Å². The Hall–Kier alpha value is -2.37. The summed E-state index contributed by atoms with van der Waals surface area (Å²) >= 11 is 5.96. The molecule has 1 aliphatic heterocycles. The van der Waals surface area contributed by atoms with Crippen molar-refractivity contribution in [1.82, 2.24) is 10.2 Å². The second-order valence-electron chi connectivity index (χ2n) is 6.38. The van der Waals surface area contributed by atoms with Crippen LogP contribution in [0.3, 0.4) is 0 Å². The molecule has 3 rings (SSSR count). The Bertz CT molecular complexity index is 807. The molecule has 2 amide bonds. The summed E-state index contributed by atoms with van der Waals surface area (Å²) in [4.78, 5) is 26.4. The van der Waals surface area contributed by atoms with Gasteiger partial charge in [0.1, 0.15) is 6.61 Å². The number of aryl methyl sites for hydroxylation is 1. The molecule has 0 saturated carbocycles. The average Bonchev–Trinajstić information content (AvgIpc) is 2.64. The molecule has 1 N–H and O–H groups in total. The van der Waals surface area contributed by atoms with Crippen molar-refractivity contribution < 1.29 is 14.3 Å². The van der Waals surface area contributed by atoms with Gasteiger partial charge in [-0.3, -0.25) is 9.59 Å². The second kappa shape index (κ2) is 7.89. The van der Waals surface area contributed by atoms with Crippen LogP contribution in [0.4, 0.5) is 0 Å². The van der Waals surface area contributed by atoms with E-state index in [2.05, 4.69) is 5.32 Å². The highest BCUT2D eigenvalue weighted by molar-refractivity contribution is 6.30. The smallest absolute Gasteiger partial charge is 0.251 e. The SMILES string of the molecule is Cc1ccccc1CNC(=O)[C@H]1OCC(=O)N(C)[C@H]1c1ccc(Cl)cc1. The predicted molar refractivity (Wildman–Crippen MR) is 99.7 cm³/mol. The Morgan fingerprint density at radius 3 is 2.62 bits per heavy atom. The molecule has 2 atom stereocenters. The number of hydrogen-bond acceptors (Lipinski definition) is 3. The van der Waals surface area contributed by atoms with Crippen LogP contribution in [0.2, 0.25) is 5.02 Å². The fraction of sp³-hybridized carbons (Fsp3) is 0.300. The van der Waals surface area contributed by atoms with Gasteiger partial charge in [-0.2, -0.15) is 0 Å². The van der Waals surface area contributed by atoms with Crippen molar-refractivity contribution >= 4 is 23.4 Å². The molecule has 1 aliphatic rings. The van der Waals surface area contributed by atoms with Gasteiger partial charge >= 0.3 is 0 Å². The van der Waals surface area contributed by atoms with Crippen LogP contribution in [-0.2, 0) is 20.9 Å². The molecule has 0 aliphatic carbocycles. The normalized spacial score (nSPS) is 20.1. The second-order valence-corrected chi connectivity index (χ2v) is 6.81. The molecule has 1 heterocycles. The fourth-order valence-electron chi connectivity index (χ4n) is 3.08. The van der Waals surface area contributed by atoms with Gasteiger partial charge in [-0.15, -0.1) is 0 Å². The van der Waals surface area contributed by atoms with E-state index in [1.807, 2.05) is 43.3 Å². The van der Waals surface area contributed by atoms with E-state index in [1.54, 1.807) is 24.1 Å². The van der Waals surface area contributed by atoms with Crippen molar-refractivity contribution in [1.29, 1.82) is 0 Å². The van der Waals surface area contributed by atoms with Gasteiger partial charge in [0.2, 0.25) is 5.91 Å². The highest BCUT2D eigenvalue weighted by atomic mass is 35.5. The lowest BCUT2D eigenvalue weighted by Crippen LogP contribution is -2.52. The summed E-state index contributed by atoms with van der Waals surface area (Å²) < 4.78 is 5.60. The van der Waals surface area contributed by atoms with Crippen LogP contribution in [0, 0.1) is 6.92 Å². The van der Waals surface area contributed by atoms with Gasteiger partial charge in [-0.05, 0) is 35.7 Å². The molecule has 0 radical (unpaired) electrons. The minimum Gasteiger partial charge on any atom is -0.356 e. The van der Waals surface area contributed by atoms with E-state index in [0.29, 0.717) is 11.6 Å². The quantitative estimate of drug-likeness (QED) is 0.897. The summed E-state index contributed by atoms with van der Waals surface area (Å²) in [6.45, 7) is 2.31. The van der Waals surface area contributed by atoms with E-state index >= 15 is 0 Å². The fourth-order valence-corrected chi connectivity index (χ4v) is 3.21. The number of carbonyl (C=O) groups excluding carboxylic acids is 2. The molecule has 1 fully saturated rings. The number of amides is 2. The maximum Gasteiger partial charge on any atom is 0.251 e. The third-order valence-electron chi connectivity index (χ3n) is 4.67. The molecule has 1 saturated heterocycles. The predicted octanol–water partition coefficient (Wildman–Crippen LogP) is 2.86. The van der Waals surface area contributed by atoms with Crippen LogP contribution >= 0.6 is 11.6 Å². The average molecular weight is 373 g/mol. The lowest BCUT2D eigenvalue weighted by atomic mass is 9.97. The first kappa shape index (κ1) is 18.4. The third-order valence-corrected chi connectivity index (χ3v) is 4.92. The highest BCUT2D eigenvalue weighted by Gasteiger charge is 2.39. The summed E-state index contributed by atoms with van der Waals surface area (Å²) in [6.07, 6.45) is -0.775. The first-order chi connectivity index (χ1) is 12.5. The van der Waals surface area contributed by atoms with Crippen molar-refractivity contribution in [3.05, 3.63) is 70.2 Å². The third kappa shape index (κ3) is 3.89. The van der Waals surface area contributed by atoms with Gasteiger partial charge in [-0.25, -0.2) is 0 Å². The number of halogens is 1. The van der Waals surface area contributed by atoms with Gasteiger partial charge < -0.3 is 15.0 Å². The van der Waals surface area contributed by atoms with Crippen LogP contribution in [0.15, 0.2) is 48.5 Å². The zero-order valence-corrected chi connectivity index (χ0v) is 15.5. The summed E-state index contributed by atoms with van der Waals surface area (Å²) in [6, 6.07) is 14.5. The molecule has 0 unspecified atom stereocenters. The maximum atomic E-state index is 12.8. The number of likely N-dealkylation sites (N-methyl/N-ethyl adjacent to an activating group) is 1. The first-order valence-electron chi connectivity index (χ1n) is 8.42. The Morgan fingerprint density at radius 1 is 1.23 bits per heavy atom. The monoisotopic (exact) mass is 372 g/mol. The molecular formula is C20H21ClN2O3.